The van der Waals surface area contributed by atoms with Crippen LogP contribution in [0.1, 0.15) is 26.6 Å². The number of ether oxygens (including phenoxy) is 2. The Hall–Kier alpha value is -3.33. The topological polar surface area (TPSA) is 93.9 Å². The number of carbonyl (C=O) groups is 2. The molecule has 0 saturated heterocycles. The first-order valence-corrected chi connectivity index (χ1v) is 8.92. The van der Waals surface area contributed by atoms with Crippen LogP contribution in [0.3, 0.4) is 0 Å². The lowest BCUT2D eigenvalue weighted by atomic mass is 10.2. The molecule has 9 heteroatoms. The molecular weight excluding hydrogens is 370 g/mol. The fraction of sp³-hybridized carbons (Fsp3) is 0.167. The van der Waals surface area contributed by atoms with Gasteiger partial charge in [0.2, 0.25) is 6.79 Å². The van der Waals surface area contributed by atoms with Crippen LogP contribution in [-0.4, -0.2) is 35.5 Å². The number of aromatic nitrogens is 1. The molecular formula is C18H15N3O5S. The summed E-state index contributed by atoms with van der Waals surface area (Å²) >= 11 is 1.18. The molecule has 1 N–H and O–H groups in total. The van der Waals surface area contributed by atoms with Gasteiger partial charge in [0, 0.05) is 18.0 Å². The molecule has 0 unspecified atom stereocenters. The summed E-state index contributed by atoms with van der Waals surface area (Å²) in [5, 5.41) is 4.64. The molecule has 2 aromatic heterocycles. The third kappa shape index (κ3) is 3.63. The molecule has 27 heavy (non-hydrogen) atoms. The maximum absolute atomic E-state index is 12.5. The fourth-order valence-electron chi connectivity index (χ4n) is 2.54. The van der Waals surface area contributed by atoms with Crippen LogP contribution >= 0.6 is 11.3 Å². The van der Waals surface area contributed by atoms with Crippen molar-refractivity contribution in [2.45, 2.75) is 6.54 Å². The first kappa shape index (κ1) is 17.1. The Labute approximate surface area is 158 Å². The molecule has 138 valence electrons. The van der Waals surface area contributed by atoms with Gasteiger partial charge in [0.05, 0.1) is 12.8 Å². The Bertz CT molecular complexity index is 983. The average Bonchev–Trinajstić information content (AvgIpc) is 3.42. The highest BCUT2D eigenvalue weighted by Gasteiger charge is 2.19. The van der Waals surface area contributed by atoms with Crippen LogP contribution < -0.4 is 14.8 Å². The summed E-state index contributed by atoms with van der Waals surface area (Å²) in [4.78, 5) is 30.5. The second kappa shape index (κ2) is 7.12. The van der Waals surface area contributed by atoms with E-state index in [9.17, 15) is 9.59 Å². The lowest BCUT2D eigenvalue weighted by Crippen LogP contribution is -2.26. The van der Waals surface area contributed by atoms with Gasteiger partial charge >= 0.3 is 0 Å². The highest BCUT2D eigenvalue weighted by Crippen LogP contribution is 2.32. The summed E-state index contributed by atoms with van der Waals surface area (Å²) in [5.41, 5.74) is 0.673. The molecule has 0 radical (unpaired) electrons. The monoisotopic (exact) mass is 385 g/mol. The van der Waals surface area contributed by atoms with Crippen LogP contribution in [0, 0.1) is 0 Å². The number of rotatable bonds is 5. The minimum atomic E-state index is -0.342. The second-order valence-electron chi connectivity index (χ2n) is 5.80. The van der Waals surface area contributed by atoms with Gasteiger partial charge in [-0.3, -0.25) is 14.9 Å². The van der Waals surface area contributed by atoms with E-state index in [0.29, 0.717) is 34.5 Å². The molecule has 8 nitrogen and oxygen atoms in total. The van der Waals surface area contributed by atoms with Gasteiger partial charge < -0.3 is 18.8 Å². The zero-order valence-corrected chi connectivity index (χ0v) is 15.1. The second-order valence-corrected chi connectivity index (χ2v) is 6.66. The van der Waals surface area contributed by atoms with Gasteiger partial charge in [0.1, 0.15) is 11.5 Å². The van der Waals surface area contributed by atoms with E-state index in [2.05, 4.69) is 10.3 Å². The van der Waals surface area contributed by atoms with Gasteiger partial charge in [0.25, 0.3) is 11.8 Å². The highest BCUT2D eigenvalue weighted by molar-refractivity contribution is 7.14. The maximum atomic E-state index is 12.5. The van der Waals surface area contributed by atoms with Crippen molar-refractivity contribution in [2.75, 3.05) is 19.2 Å². The largest absolute Gasteiger partial charge is 0.467 e. The Balaban J connectivity index is 1.41. The maximum Gasteiger partial charge on any atom is 0.273 e. The van der Waals surface area contributed by atoms with Crippen LogP contribution in [0.25, 0.3) is 0 Å². The van der Waals surface area contributed by atoms with Gasteiger partial charge in [-0.2, -0.15) is 0 Å². The Kier molecular flexibility index (Phi) is 4.51. The molecule has 2 amide bonds. The van der Waals surface area contributed by atoms with Crippen molar-refractivity contribution in [3.05, 3.63) is 59.0 Å². The first-order valence-electron chi connectivity index (χ1n) is 8.04. The molecule has 0 bridgehead atoms. The van der Waals surface area contributed by atoms with E-state index in [1.165, 1.54) is 16.2 Å². The van der Waals surface area contributed by atoms with E-state index in [0.717, 1.165) is 0 Å². The summed E-state index contributed by atoms with van der Waals surface area (Å²) in [6.07, 6.45) is 1.56. The molecule has 0 spiro atoms. The SMILES string of the molecule is CN(Cc1ccco1)C(=O)c1csc(NC(=O)c2ccc3c(c2)OCO3)n1. The van der Waals surface area contributed by atoms with E-state index in [1.54, 1.807) is 49.0 Å². The molecule has 0 saturated carbocycles. The number of hydrogen-bond donors (Lipinski definition) is 1. The summed E-state index contributed by atoms with van der Waals surface area (Å²) in [6.45, 7) is 0.478. The van der Waals surface area contributed by atoms with Crippen molar-refractivity contribution in [1.82, 2.24) is 9.88 Å². The summed E-state index contributed by atoms with van der Waals surface area (Å²) in [5.74, 6) is 1.21. The number of anilines is 1. The number of nitrogens with zero attached hydrogens (tertiary/aromatic N) is 2. The van der Waals surface area contributed by atoms with Crippen LogP contribution in [0.2, 0.25) is 0 Å². The highest BCUT2D eigenvalue weighted by atomic mass is 32.1. The number of nitrogens with one attached hydrogen (secondary N) is 1. The number of hydrogen-bond acceptors (Lipinski definition) is 7. The van der Waals surface area contributed by atoms with E-state index in [-0.39, 0.29) is 24.3 Å². The standard InChI is InChI=1S/C18H15N3O5S/c1-21(8-12-3-2-6-24-12)17(23)13-9-27-18(19-13)20-16(22)11-4-5-14-15(7-11)26-10-25-14/h2-7,9H,8,10H2,1H3,(H,19,20,22). The van der Waals surface area contributed by atoms with Gasteiger partial charge in [-0.1, -0.05) is 0 Å². The quantitative estimate of drug-likeness (QED) is 0.726. The zero-order valence-electron chi connectivity index (χ0n) is 14.3. The zero-order chi connectivity index (χ0) is 18.8. The normalized spacial score (nSPS) is 12.0. The molecule has 1 aliphatic heterocycles. The molecule has 4 rings (SSSR count). The minimum absolute atomic E-state index is 0.143. The molecule has 3 heterocycles. The molecule has 0 fully saturated rings. The Morgan fingerprint density at radius 1 is 1.26 bits per heavy atom. The van der Waals surface area contributed by atoms with Gasteiger partial charge in [-0.05, 0) is 30.3 Å². The molecule has 0 aliphatic carbocycles. The van der Waals surface area contributed by atoms with E-state index >= 15 is 0 Å². The van der Waals surface area contributed by atoms with Crippen molar-refractivity contribution in [1.29, 1.82) is 0 Å². The average molecular weight is 385 g/mol. The van der Waals surface area contributed by atoms with Crippen molar-refractivity contribution >= 4 is 28.3 Å². The van der Waals surface area contributed by atoms with Crippen molar-refractivity contribution in [3.8, 4) is 11.5 Å². The van der Waals surface area contributed by atoms with Gasteiger partial charge in [0.15, 0.2) is 16.6 Å². The first-order chi connectivity index (χ1) is 13.1. The third-order valence-corrected chi connectivity index (χ3v) is 4.66. The third-order valence-electron chi connectivity index (χ3n) is 3.90. The smallest absolute Gasteiger partial charge is 0.273 e. The van der Waals surface area contributed by atoms with Gasteiger partial charge in [-0.25, -0.2) is 4.98 Å². The minimum Gasteiger partial charge on any atom is -0.467 e. The Morgan fingerprint density at radius 2 is 2.11 bits per heavy atom. The number of amides is 2. The van der Waals surface area contributed by atoms with Gasteiger partial charge in [-0.15, -0.1) is 11.3 Å². The summed E-state index contributed by atoms with van der Waals surface area (Å²) in [6, 6.07) is 8.48. The van der Waals surface area contributed by atoms with Crippen molar-refractivity contribution < 1.29 is 23.5 Å². The Morgan fingerprint density at radius 3 is 2.93 bits per heavy atom. The van der Waals surface area contributed by atoms with Crippen LogP contribution in [0.5, 0.6) is 11.5 Å². The summed E-state index contributed by atoms with van der Waals surface area (Å²) < 4.78 is 15.7. The van der Waals surface area contributed by atoms with Crippen LogP contribution in [0.15, 0.2) is 46.4 Å². The number of furan rings is 1. The van der Waals surface area contributed by atoms with Crippen LogP contribution in [0.4, 0.5) is 5.13 Å². The number of fused-ring (bicyclic) bond motifs is 1. The van der Waals surface area contributed by atoms with Crippen molar-refractivity contribution in [3.63, 3.8) is 0 Å². The predicted molar refractivity (Wildman–Crippen MR) is 97.1 cm³/mol. The summed E-state index contributed by atoms with van der Waals surface area (Å²) in [7, 11) is 1.66. The number of carbonyl (C=O) groups excluding carboxylic acids is 2. The molecule has 0 atom stereocenters. The lowest BCUT2D eigenvalue weighted by molar-refractivity contribution is 0.0770. The molecule has 1 aromatic carbocycles. The van der Waals surface area contributed by atoms with E-state index in [4.69, 9.17) is 13.9 Å². The fourth-order valence-corrected chi connectivity index (χ4v) is 3.22. The molecule has 3 aromatic rings. The van der Waals surface area contributed by atoms with E-state index in [1.807, 2.05) is 0 Å². The number of thiazole rings is 1. The van der Waals surface area contributed by atoms with E-state index < -0.39 is 0 Å². The van der Waals surface area contributed by atoms with Crippen molar-refractivity contribution in [2.24, 2.45) is 0 Å². The predicted octanol–water partition coefficient (Wildman–Crippen LogP) is 2.99. The van der Waals surface area contributed by atoms with Crippen LogP contribution in [-0.2, 0) is 6.54 Å². The molecule has 1 aliphatic rings. The lowest BCUT2D eigenvalue weighted by Gasteiger charge is -2.13. The number of benzene rings is 1.